The Morgan fingerprint density at radius 3 is 2.54 bits per heavy atom. The lowest BCUT2D eigenvalue weighted by Crippen LogP contribution is -2.40. The largest absolute Gasteiger partial charge is 0.494 e. The van der Waals surface area contributed by atoms with E-state index in [4.69, 9.17) is 9.84 Å². The van der Waals surface area contributed by atoms with Gasteiger partial charge < -0.3 is 9.84 Å². The summed E-state index contributed by atoms with van der Waals surface area (Å²) in [5.74, 6) is 0.0478. The zero-order valence-electron chi connectivity index (χ0n) is 13.6. The van der Waals surface area contributed by atoms with E-state index in [2.05, 4.69) is 0 Å². The molecule has 0 spiro atoms. The molecule has 0 unspecified atom stereocenters. The van der Waals surface area contributed by atoms with Crippen molar-refractivity contribution in [1.29, 1.82) is 0 Å². The molecule has 1 aliphatic carbocycles. The summed E-state index contributed by atoms with van der Waals surface area (Å²) in [6.45, 7) is 1.74. The molecule has 7 heteroatoms. The summed E-state index contributed by atoms with van der Waals surface area (Å²) in [7, 11) is -3.04. The van der Waals surface area contributed by atoms with Crippen LogP contribution in [0.5, 0.6) is 5.75 Å². The van der Waals surface area contributed by atoms with Crippen molar-refractivity contribution in [3.8, 4) is 5.75 Å². The summed E-state index contributed by atoms with van der Waals surface area (Å²) < 4.78 is 31.7. The Morgan fingerprint density at radius 1 is 1.21 bits per heavy atom. The number of hydrogen-bond donors (Lipinski definition) is 1. The van der Waals surface area contributed by atoms with Crippen molar-refractivity contribution in [2.45, 2.75) is 37.4 Å². The number of aromatic carboxylic acids is 1. The fourth-order valence-electron chi connectivity index (χ4n) is 3.09. The number of carboxylic acids is 1. The molecule has 1 saturated carbocycles. The Hall–Kier alpha value is -1.60. The quantitative estimate of drug-likeness (QED) is 0.813. The maximum atomic E-state index is 12.2. The van der Waals surface area contributed by atoms with Crippen LogP contribution in [-0.2, 0) is 10.0 Å². The number of hydrogen-bond acceptors (Lipinski definition) is 4. The smallest absolute Gasteiger partial charge is 0.335 e. The van der Waals surface area contributed by atoms with Crippen molar-refractivity contribution in [1.82, 2.24) is 4.31 Å². The van der Waals surface area contributed by atoms with E-state index < -0.39 is 16.0 Å². The Balaban J connectivity index is 1.42. The number of rotatable bonds is 7. The predicted molar refractivity (Wildman–Crippen MR) is 89.8 cm³/mol. The predicted octanol–water partition coefficient (Wildman–Crippen LogP) is 2.36. The first-order valence-corrected chi connectivity index (χ1v) is 9.92. The van der Waals surface area contributed by atoms with Gasteiger partial charge in [-0.3, -0.25) is 0 Å². The van der Waals surface area contributed by atoms with Gasteiger partial charge in [-0.25, -0.2) is 17.5 Å². The number of sulfonamides is 1. The minimum absolute atomic E-state index is 0.126. The van der Waals surface area contributed by atoms with E-state index in [0.717, 1.165) is 32.1 Å². The topological polar surface area (TPSA) is 83.9 Å². The number of carbonyl (C=O) groups is 1. The molecule has 1 aromatic rings. The van der Waals surface area contributed by atoms with Crippen LogP contribution < -0.4 is 4.74 Å². The molecule has 1 saturated heterocycles. The lowest BCUT2D eigenvalue weighted by atomic mass is 9.95. The van der Waals surface area contributed by atoms with Gasteiger partial charge in [0.05, 0.1) is 17.4 Å². The van der Waals surface area contributed by atoms with Gasteiger partial charge in [-0.2, -0.15) is 0 Å². The molecule has 1 aromatic carbocycles. The van der Waals surface area contributed by atoms with Gasteiger partial charge in [-0.1, -0.05) is 6.07 Å². The molecule has 0 amide bonds. The lowest BCUT2D eigenvalue weighted by Gasteiger charge is -2.31. The molecular formula is C17H23NO5S. The number of nitrogens with zero attached hydrogens (tertiary/aromatic N) is 1. The molecular weight excluding hydrogens is 330 g/mol. The molecule has 6 nitrogen and oxygen atoms in total. The zero-order chi connectivity index (χ0) is 17.2. The van der Waals surface area contributed by atoms with Gasteiger partial charge >= 0.3 is 5.97 Å². The number of piperidine rings is 1. The summed E-state index contributed by atoms with van der Waals surface area (Å²) in [5, 5.41) is 8.84. The average Bonchev–Trinajstić information content (AvgIpc) is 3.41. The van der Waals surface area contributed by atoms with Crippen molar-refractivity contribution in [2.24, 2.45) is 5.92 Å². The maximum Gasteiger partial charge on any atom is 0.335 e. The van der Waals surface area contributed by atoms with Crippen LogP contribution in [0.2, 0.25) is 0 Å². The first-order chi connectivity index (χ1) is 11.5. The highest BCUT2D eigenvalue weighted by Crippen LogP contribution is 2.33. The molecule has 1 N–H and O–H groups in total. The van der Waals surface area contributed by atoms with Gasteiger partial charge in [0.25, 0.3) is 0 Å². The Bertz CT molecular complexity index is 691. The highest BCUT2D eigenvalue weighted by Gasteiger charge is 2.41. The van der Waals surface area contributed by atoms with E-state index in [0.29, 0.717) is 31.4 Å². The van der Waals surface area contributed by atoms with Gasteiger partial charge in [-0.15, -0.1) is 0 Å². The SMILES string of the molecule is O=C(O)c1cccc(OCCC2CCN(S(=O)(=O)C3CC3)CC2)c1. The Morgan fingerprint density at radius 2 is 1.92 bits per heavy atom. The minimum atomic E-state index is -3.04. The molecule has 0 atom stereocenters. The van der Waals surface area contributed by atoms with E-state index in [1.165, 1.54) is 12.1 Å². The third kappa shape index (κ3) is 4.08. The van der Waals surface area contributed by atoms with Crippen LogP contribution in [0.15, 0.2) is 24.3 Å². The molecule has 1 aliphatic heterocycles. The summed E-state index contributed by atoms with van der Waals surface area (Å²) in [6.07, 6.45) is 4.21. The molecule has 3 rings (SSSR count). The van der Waals surface area contributed by atoms with Crippen molar-refractivity contribution in [3.05, 3.63) is 29.8 Å². The lowest BCUT2D eigenvalue weighted by molar-refractivity contribution is 0.0696. The first-order valence-electron chi connectivity index (χ1n) is 8.42. The molecule has 2 aliphatic rings. The molecule has 0 bridgehead atoms. The monoisotopic (exact) mass is 353 g/mol. The molecule has 1 heterocycles. The molecule has 2 fully saturated rings. The van der Waals surface area contributed by atoms with Crippen LogP contribution in [0.3, 0.4) is 0 Å². The Labute approximate surface area is 142 Å². The van der Waals surface area contributed by atoms with E-state index >= 15 is 0 Å². The van der Waals surface area contributed by atoms with Gasteiger partial charge in [-0.05, 0) is 56.2 Å². The first kappa shape index (κ1) is 17.2. The van der Waals surface area contributed by atoms with Crippen LogP contribution in [-0.4, -0.2) is 48.7 Å². The van der Waals surface area contributed by atoms with Crippen molar-refractivity contribution < 1.29 is 23.1 Å². The van der Waals surface area contributed by atoms with E-state index in [-0.39, 0.29) is 10.8 Å². The highest BCUT2D eigenvalue weighted by molar-refractivity contribution is 7.90. The summed E-state index contributed by atoms with van der Waals surface area (Å²) in [4.78, 5) is 10.9. The normalized spacial score (nSPS) is 20.0. The van der Waals surface area contributed by atoms with Crippen molar-refractivity contribution >= 4 is 16.0 Å². The third-order valence-corrected chi connectivity index (χ3v) is 7.15. The highest BCUT2D eigenvalue weighted by atomic mass is 32.2. The second kappa shape index (κ2) is 7.11. The Kier molecular flexibility index (Phi) is 5.10. The maximum absolute atomic E-state index is 12.2. The minimum Gasteiger partial charge on any atom is -0.494 e. The van der Waals surface area contributed by atoms with Crippen LogP contribution in [0.25, 0.3) is 0 Å². The van der Waals surface area contributed by atoms with Gasteiger partial charge in [0.15, 0.2) is 0 Å². The third-order valence-electron chi connectivity index (χ3n) is 4.75. The van der Waals surface area contributed by atoms with E-state index in [1.54, 1.807) is 16.4 Å². The van der Waals surface area contributed by atoms with Crippen LogP contribution >= 0.6 is 0 Å². The molecule has 132 valence electrons. The summed E-state index contributed by atoms with van der Waals surface area (Å²) in [5.41, 5.74) is 0.214. The van der Waals surface area contributed by atoms with Crippen LogP contribution in [0.4, 0.5) is 0 Å². The second-order valence-electron chi connectivity index (χ2n) is 6.56. The van der Waals surface area contributed by atoms with Gasteiger partial charge in [0.2, 0.25) is 10.0 Å². The summed E-state index contributed by atoms with van der Waals surface area (Å²) >= 11 is 0. The molecule has 24 heavy (non-hydrogen) atoms. The van der Waals surface area contributed by atoms with Crippen LogP contribution in [0.1, 0.15) is 42.5 Å². The van der Waals surface area contributed by atoms with Gasteiger partial charge in [0, 0.05) is 13.1 Å². The van der Waals surface area contributed by atoms with Crippen molar-refractivity contribution in [3.63, 3.8) is 0 Å². The molecule has 0 radical (unpaired) electrons. The van der Waals surface area contributed by atoms with E-state index in [9.17, 15) is 13.2 Å². The van der Waals surface area contributed by atoms with Crippen LogP contribution in [0, 0.1) is 5.92 Å². The fraction of sp³-hybridized carbons (Fsp3) is 0.588. The average molecular weight is 353 g/mol. The second-order valence-corrected chi connectivity index (χ2v) is 8.77. The number of benzene rings is 1. The van der Waals surface area contributed by atoms with Crippen molar-refractivity contribution in [2.75, 3.05) is 19.7 Å². The van der Waals surface area contributed by atoms with E-state index in [1.807, 2.05) is 0 Å². The zero-order valence-corrected chi connectivity index (χ0v) is 14.4. The standard InChI is InChI=1S/C17H23NO5S/c19-17(20)14-2-1-3-15(12-14)23-11-8-13-6-9-18(10-7-13)24(21,22)16-4-5-16/h1-3,12-13,16H,4-11H2,(H,19,20). The molecule has 0 aromatic heterocycles. The number of carboxylic acid groups (broad SMARTS) is 1. The summed E-state index contributed by atoms with van der Waals surface area (Å²) in [6, 6.07) is 6.47. The van der Waals surface area contributed by atoms with Gasteiger partial charge in [0.1, 0.15) is 5.75 Å². The number of ether oxygens (including phenoxy) is 1. The fourth-order valence-corrected chi connectivity index (χ4v) is 4.96.